The van der Waals surface area contributed by atoms with E-state index in [2.05, 4.69) is 29.8 Å². The Morgan fingerprint density at radius 2 is 1.30 bits per heavy atom. The molecular weight excluding hydrogens is 574 g/mol. The van der Waals surface area contributed by atoms with Crippen molar-refractivity contribution in [3.05, 3.63) is 131 Å². The lowest BCUT2D eigenvalue weighted by molar-refractivity contribution is -0.115. The summed E-state index contributed by atoms with van der Waals surface area (Å²) < 4.78 is 0. The Morgan fingerprint density at radius 3 is 1.89 bits per heavy atom. The maximum Gasteiger partial charge on any atom is 0.335 e. The standard InChI is InChI=1S/C35H33N3O5S/c1-22(2)25-11-9-24(10-12-25)21-31(38-33(40)26-7-5-4-6-8-26)34(41)37-29-17-19-30(20-18-29)44-23(3)32(39)36-28-15-13-27(14-16-28)35(42)43/h4-23H,1-3H3,(H,36,39)(H,37,41)(H,38,40)(H,42,43)/b31-21-. The van der Waals surface area contributed by atoms with Gasteiger partial charge in [-0.25, -0.2) is 4.79 Å². The lowest BCUT2D eigenvalue weighted by Gasteiger charge is -2.14. The zero-order valence-electron chi connectivity index (χ0n) is 24.5. The second-order valence-electron chi connectivity index (χ2n) is 10.3. The van der Waals surface area contributed by atoms with Gasteiger partial charge in [-0.3, -0.25) is 14.4 Å². The highest BCUT2D eigenvalue weighted by molar-refractivity contribution is 8.00. The molecule has 0 saturated heterocycles. The lowest BCUT2D eigenvalue weighted by Crippen LogP contribution is -2.30. The van der Waals surface area contributed by atoms with Gasteiger partial charge < -0.3 is 21.1 Å². The van der Waals surface area contributed by atoms with Crippen LogP contribution in [-0.2, 0) is 9.59 Å². The third-order valence-electron chi connectivity index (χ3n) is 6.64. The van der Waals surface area contributed by atoms with Gasteiger partial charge in [0, 0.05) is 21.8 Å². The number of rotatable bonds is 11. The van der Waals surface area contributed by atoms with Crippen molar-refractivity contribution in [2.24, 2.45) is 0 Å². The first kappa shape index (κ1) is 31.8. The van der Waals surface area contributed by atoms with Crippen molar-refractivity contribution in [2.45, 2.75) is 36.8 Å². The van der Waals surface area contributed by atoms with E-state index in [0.717, 1.165) is 10.5 Å². The van der Waals surface area contributed by atoms with Crippen molar-refractivity contribution in [3.63, 3.8) is 0 Å². The largest absolute Gasteiger partial charge is 0.478 e. The topological polar surface area (TPSA) is 125 Å². The molecule has 1 atom stereocenters. The Hall–Kier alpha value is -5.15. The average Bonchev–Trinajstić information content (AvgIpc) is 3.02. The van der Waals surface area contributed by atoms with E-state index < -0.39 is 23.0 Å². The van der Waals surface area contributed by atoms with Crippen LogP contribution < -0.4 is 16.0 Å². The Bertz CT molecular complexity index is 1650. The maximum absolute atomic E-state index is 13.4. The van der Waals surface area contributed by atoms with Gasteiger partial charge in [0.05, 0.1) is 10.8 Å². The number of nitrogens with one attached hydrogen (secondary N) is 3. The third kappa shape index (κ3) is 8.92. The Labute approximate surface area is 260 Å². The number of thioether (sulfide) groups is 1. The molecule has 0 fully saturated rings. The molecule has 0 aromatic heterocycles. The number of carbonyl (C=O) groups is 4. The normalized spacial score (nSPS) is 11.9. The van der Waals surface area contributed by atoms with E-state index in [-0.39, 0.29) is 17.2 Å². The SMILES string of the molecule is CC(Sc1ccc(NC(=O)/C(=C/c2ccc(C(C)C)cc2)NC(=O)c2ccccc2)cc1)C(=O)Nc1ccc(C(=O)O)cc1. The number of carboxylic acid groups (broad SMARTS) is 1. The highest BCUT2D eigenvalue weighted by atomic mass is 32.2. The van der Waals surface area contributed by atoms with Gasteiger partial charge in [-0.05, 0) is 90.7 Å². The summed E-state index contributed by atoms with van der Waals surface area (Å²) in [6, 6.07) is 29.5. The molecule has 224 valence electrons. The predicted molar refractivity (Wildman–Crippen MR) is 175 cm³/mol. The van der Waals surface area contributed by atoms with Gasteiger partial charge in [0.1, 0.15) is 5.70 Å². The van der Waals surface area contributed by atoms with Crippen LogP contribution in [0.3, 0.4) is 0 Å². The average molecular weight is 608 g/mol. The molecule has 4 rings (SSSR count). The van der Waals surface area contributed by atoms with Gasteiger partial charge in [0.2, 0.25) is 5.91 Å². The van der Waals surface area contributed by atoms with E-state index in [1.165, 1.54) is 29.5 Å². The molecule has 4 N–H and O–H groups in total. The molecule has 4 aromatic rings. The fraction of sp³-hybridized carbons (Fsp3) is 0.143. The number of carboxylic acids is 1. The van der Waals surface area contributed by atoms with Crippen LogP contribution in [0.2, 0.25) is 0 Å². The zero-order chi connectivity index (χ0) is 31.6. The lowest BCUT2D eigenvalue weighted by atomic mass is 10.0. The van der Waals surface area contributed by atoms with Crippen LogP contribution in [0.15, 0.2) is 114 Å². The van der Waals surface area contributed by atoms with Gasteiger partial charge in [-0.1, -0.05) is 56.3 Å². The summed E-state index contributed by atoms with van der Waals surface area (Å²) >= 11 is 1.34. The summed E-state index contributed by atoms with van der Waals surface area (Å²) in [4.78, 5) is 50.8. The number of carbonyl (C=O) groups excluding carboxylic acids is 3. The molecule has 0 bridgehead atoms. The van der Waals surface area contributed by atoms with Crippen LogP contribution in [0.5, 0.6) is 0 Å². The third-order valence-corrected chi connectivity index (χ3v) is 7.75. The minimum atomic E-state index is -1.04. The second kappa shape index (κ2) is 14.8. The van der Waals surface area contributed by atoms with Crippen LogP contribution in [-0.4, -0.2) is 34.0 Å². The Kier molecular flexibility index (Phi) is 10.7. The summed E-state index contributed by atoms with van der Waals surface area (Å²) in [7, 11) is 0. The van der Waals surface area contributed by atoms with E-state index in [1.807, 2.05) is 30.3 Å². The van der Waals surface area contributed by atoms with Crippen molar-refractivity contribution in [1.29, 1.82) is 0 Å². The van der Waals surface area contributed by atoms with E-state index >= 15 is 0 Å². The molecule has 9 heteroatoms. The molecule has 0 aliphatic rings. The van der Waals surface area contributed by atoms with E-state index in [1.54, 1.807) is 73.7 Å². The minimum Gasteiger partial charge on any atom is -0.478 e. The van der Waals surface area contributed by atoms with Gasteiger partial charge in [0.15, 0.2) is 0 Å². The first-order chi connectivity index (χ1) is 21.1. The summed E-state index contributed by atoms with van der Waals surface area (Å²) in [5.74, 6) is -1.79. The monoisotopic (exact) mass is 607 g/mol. The molecule has 0 saturated carbocycles. The molecule has 4 aromatic carbocycles. The van der Waals surface area contributed by atoms with Crippen molar-refractivity contribution in [1.82, 2.24) is 5.32 Å². The first-order valence-electron chi connectivity index (χ1n) is 14.0. The zero-order valence-corrected chi connectivity index (χ0v) is 25.4. The molecule has 1 unspecified atom stereocenters. The summed E-state index contributed by atoms with van der Waals surface area (Å²) in [6.07, 6.45) is 1.64. The molecule has 0 radical (unpaired) electrons. The van der Waals surface area contributed by atoms with Gasteiger partial charge >= 0.3 is 5.97 Å². The van der Waals surface area contributed by atoms with Crippen LogP contribution in [0.25, 0.3) is 6.08 Å². The van der Waals surface area contributed by atoms with Gasteiger partial charge in [-0.15, -0.1) is 11.8 Å². The van der Waals surface area contributed by atoms with Crippen LogP contribution in [0.1, 0.15) is 58.5 Å². The number of aromatic carboxylic acids is 1. The van der Waals surface area contributed by atoms with Crippen molar-refractivity contribution < 1.29 is 24.3 Å². The fourth-order valence-corrected chi connectivity index (χ4v) is 4.97. The van der Waals surface area contributed by atoms with Crippen molar-refractivity contribution in [3.8, 4) is 0 Å². The number of anilines is 2. The van der Waals surface area contributed by atoms with E-state index in [9.17, 15) is 19.2 Å². The molecular formula is C35H33N3O5S. The minimum absolute atomic E-state index is 0.0938. The predicted octanol–water partition coefficient (Wildman–Crippen LogP) is 7.04. The number of benzene rings is 4. The van der Waals surface area contributed by atoms with Crippen LogP contribution >= 0.6 is 11.8 Å². The molecule has 0 aliphatic carbocycles. The van der Waals surface area contributed by atoms with E-state index in [0.29, 0.717) is 22.9 Å². The highest BCUT2D eigenvalue weighted by Gasteiger charge is 2.17. The number of amides is 3. The Morgan fingerprint density at radius 1 is 0.705 bits per heavy atom. The first-order valence-corrected chi connectivity index (χ1v) is 14.9. The highest BCUT2D eigenvalue weighted by Crippen LogP contribution is 2.26. The quantitative estimate of drug-likeness (QED) is 0.107. The van der Waals surface area contributed by atoms with Crippen molar-refractivity contribution >= 4 is 52.9 Å². The van der Waals surface area contributed by atoms with Crippen LogP contribution in [0.4, 0.5) is 11.4 Å². The summed E-state index contributed by atoms with van der Waals surface area (Å²) in [6.45, 7) is 5.97. The summed E-state index contributed by atoms with van der Waals surface area (Å²) in [5.41, 5.74) is 3.62. The molecule has 0 spiro atoms. The Balaban J connectivity index is 1.42. The smallest absolute Gasteiger partial charge is 0.335 e. The van der Waals surface area contributed by atoms with Gasteiger partial charge in [-0.2, -0.15) is 0 Å². The van der Waals surface area contributed by atoms with Crippen LogP contribution in [0, 0.1) is 0 Å². The van der Waals surface area contributed by atoms with E-state index in [4.69, 9.17) is 5.11 Å². The molecule has 8 nitrogen and oxygen atoms in total. The summed E-state index contributed by atoms with van der Waals surface area (Å²) in [5, 5.41) is 17.0. The molecule has 3 amide bonds. The van der Waals surface area contributed by atoms with Gasteiger partial charge in [0.25, 0.3) is 11.8 Å². The molecule has 44 heavy (non-hydrogen) atoms. The molecule has 0 aliphatic heterocycles. The maximum atomic E-state index is 13.4. The van der Waals surface area contributed by atoms with Crippen molar-refractivity contribution in [2.75, 3.05) is 10.6 Å². The second-order valence-corrected chi connectivity index (χ2v) is 11.7. The molecule has 0 heterocycles. The fourth-order valence-electron chi connectivity index (χ4n) is 4.10. The number of hydrogen-bond donors (Lipinski definition) is 4. The number of hydrogen-bond acceptors (Lipinski definition) is 5.